The fourth-order valence-electron chi connectivity index (χ4n) is 2.47. The molecule has 0 spiro atoms. The van der Waals surface area contributed by atoms with Gasteiger partial charge >= 0.3 is 0 Å². The number of anilines is 1. The van der Waals surface area contributed by atoms with Crippen molar-refractivity contribution in [3.8, 4) is 5.69 Å². The Labute approximate surface area is 151 Å². The van der Waals surface area contributed by atoms with E-state index in [4.69, 9.17) is 0 Å². The summed E-state index contributed by atoms with van der Waals surface area (Å²) in [5.74, 6) is 0.897. The van der Waals surface area contributed by atoms with Crippen LogP contribution in [0.2, 0.25) is 0 Å². The van der Waals surface area contributed by atoms with Gasteiger partial charge in [0.05, 0.1) is 22.2 Å². The Morgan fingerprint density at radius 3 is 2.76 bits per heavy atom. The first-order valence-electron chi connectivity index (χ1n) is 8.01. The van der Waals surface area contributed by atoms with Gasteiger partial charge in [0.2, 0.25) is 5.91 Å². The van der Waals surface area contributed by atoms with Crippen LogP contribution in [0.1, 0.15) is 16.8 Å². The van der Waals surface area contributed by atoms with Crippen LogP contribution < -0.4 is 5.32 Å². The average Bonchev–Trinajstić information content (AvgIpc) is 2.96. The maximum atomic E-state index is 12.3. The van der Waals surface area contributed by atoms with Crippen LogP contribution in [0.3, 0.4) is 0 Å². The Kier molecular flexibility index (Phi) is 5.19. The highest BCUT2D eigenvalue weighted by Crippen LogP contribution is 2.22. The van der Waals surface area contributed by atoms with E-state index in [-0.39, 0.29) is 5.91 Å². The minimum Gasteiger partial charge on any atom is -0.310 e. The summed E-state index contributed by atoms with van der Waals surface area (Å²) in [6, 6.07) is 13.7. The highest BCUT2D eigenvalue weighted by atomic mass is 32.2. The van der Waals surface area contributed by atoms with Gasteiger partial charge in [0.1, 0.15) is 5.82 Å². The van der Waals surface area contributed by atoms with E-state index in [1.807, 2.05) is 45.0 Å². The van der Waals surface area contributed by atoms with Gasteiger partial charge in [-0.3, -0.25) is 4.79 Å². The topological polar surface area (TPSA) is 59.8 Å². The zero-order chi connectivity index (χ0) is 17.8. The van der Waals surface area contributed by atoms with Crippen molar-refractivity contribution in [2.24, 2.45) is 0 Å². The van der Waals surface area contributed by atoms with Gasteiger partial charge in [0.15, 0.2) is 0 Å². The minimum atomic E-state index is -0.0814. The van der Waals surface area contributed by atoms with Gasteiger partial charge in [-0.25, -0.2) is 9.67 Å². The molecule has 0 fully saturated rings. The lowest BCUT2D eigenvalue weighted by molar-refractivity contribution is -0.113. The molecule has 128 valence electrons. The number of hydrogen-bond acceptors (Lipinski definition) is 4. The molecule has 1 aromatic carbocycles. The van der Waals surface area contributed by atoms with E-state index in [1.54, 1.807) is 10.9 Å². The van der Waals surface area contributed by atoms with Crippen molar-refractivity contribution in [3.63, 3.8) is 0 Å². The van der Waals surface area contributed by atoms with E-state index in [0.29, 0.717) is 11.6 Å². The van der Waals surface area contributed by atoms with Crippen LogP contribution in [0, 0.1) is 20.8 Å². The van der Waals surface area contributed by atoms with Crippen LogP contribution in [-0.2, 0) is 4.79 Å². The van der Waals surface area contributed by atoms with Crippen molar-refractivity contribution in [1.82, 2.24) is 14.8 Å². The zero-order valence-corrected chi connectivity index (χ0v) is 15.3. The molecule has 0 radical (unpaired) electrons. The van der Waals surface area contributed by atoms with Gasteiger partial charge in [-0.1, -0.05) is 30.0 Å². The molecule has 0 atom stereocenters. The van der Waals surface area contributed by atoms with Gasteiger partial charge in [-0.15, -0.1) is 0 Å². The molecule has 0 aliphatic rings. The third kappa shape index (κ3) is 4.28. The Balaban J connectivity index is 1.77. The molecule has 25 heavy (non-hydrogen) atoms. The Hall–Kier alpha value is -2.60. The molecule has 1 N–H and O–H groups in total. The number of carbonyl (C=O) groups excluding carboxylic acids is 1. The smallest absolute Gasteiger partial charge is 0.235 e. The molecular weight excluding hydrogens is 332 g/mol. The van der Waals surface area contributed by atoms with E-state index in [0.717, 1.165) is 27.5 Å². The predicted molar refractivity (Wildman–Crippen MR) is 101 cm³/mol. The molecule has 3 rings (SSSR count). The van der Waals surface area contributed by atoms with Crippen LogP contribution in [0.15, 0.2) is 53.7 Å². The van der Waals surface area contributed by atoms with Gasteiger partial charge in [-0.05, 0) is 50.1 Å². The summed E-state index contributed by atoms with van der Waals surface area (Å²) in [6.07, 6.45) is 1.72. The summed E-state index contributed by atoms with van der Waals surface area (Å²) in [7, 11) is 0. The third-order valence-corrected chi connectivity index (χ3v) is 4.62. The number of nitrogens with zero attached hydrogens (tertiary/aromatic N) is 3. The van der Waals surface area contributed by atoms with Crippen LogP contribution in [-0.4, -0.2) is 26.4 Å². The summed E-state index contributed by atoms with van der Waals surface area (Å²) >= 11 is 1.41. The summed E-state index contributed by atoms with van der Waals surface area (Å²) < 4.78 is 1.79. The lowest BCUT2D eigenvalue weighted by Crippen LogP contribution is -2.17. The number of hydrogen-bond donors (Lipinski definition) is 1. The molecular formula is C19H20N4OS. The van der Waals surface area contributed by atoms with Crippen molar-refractivity contribution < 1.29 is 4.79 Å². The molecule has 0 aliphatic heterocycles. The first-order chi connectivity index (χ1) is 12.0. The number of aromatic nitrogens is 3. The molecule has 1 amide bonds. The number of thioether (sulfide) groups is 1. The zero-order valence-electron chi connectivity index (χ0n) is 14.5. The Bertz CT molecular complexity index is 890. The number of amides is 1. The third-order valence-electron chi connectivity index (χ3n) is 3.68. The van der Waals surface area contributed by atoms with E-state index in [1.165, 1.54) is 11.8 Å². The van der Waals surface area contributed by atoms with Gasteiger partial charge in [-0.2, -0.15) is 5.10 Å². The number of rotatable bonds is 5. The molecule has 0 bridgehead atoms. The highest BCUT2D eigenvalue weighted by molar-refractivity contribution is 7.99. The molecule has 0 saturated carbocycles. The largest absolute Gasteiger partial charge is 0.310 e. The highest BCUT2D eigenvalue weighted by Gasteiger charge is 2.13. The molecule has 2 aromatic heterocycles. The van der Waals surface area contributed by atoms with Crippen LogP contribution in [0.25, 0.3) is 5.69 Å². The van der Waals surface area contributed by atoms with E-state index in [2.05, 4.69) is 33.6 Å². The van der Waals surface area contributed by atoms with Crippen LogP contribution in [0.5, 0.6) is 0 Å². The average molecular weight is 352 g/mol. The van der Waals surface area contributed by atoms with Crippen molar-refractivity contribution in [2.45, 2.75) is 25.8 Å². The first kappa shape index (κ1) is 17.2. The second-order valence-electron chi connectivity index (χ2n) is 5.88. The number of aryl methyl sites for hydroxylation is 3. The van der Waals surface area contributed by atoms with Crippen molar-refractivity contribution in [1.29, 1.82) is 0 Å². The maximum absolute atomic E-state index is 12.3. The quantitative estimate of drug-likeness (QED) is 0.707. The van der Waals surface area contributed by atoms with Crippen LogP contribution in [0.4, 0.5) is 5.82 Å². The summed E-state index contributed by atoms with van der Waals surface area (Å²) in [5.41, 5.74) is 4.08. The molecule has 0 unspecified atom stereocenters. The number of nitrogens with one attached hydrogen (secondary N) is 1. The summed E-state index contributed by atoms with van der Waals surface area (Å²) in [4.78, 5) is 16.5. The van der Waals surface area contributed by atoms with E-state index < -0.39 is 0 Å². The number of pyridine rings is 1. The minimum absolute atomic E-state index is 0.0814. The predicted octanol–water partition coefficient (Wildman–Crippen LogP) is 3.92. The second kappa shape index (κ2) is 7.53. The molecule has 2 heterocycles. The van der Waals surface area contributed by atoms with Gasteiger partial charge in [0.25, 0.3) is 0 Å². The Morgan fingerprint density at radius 2 is 2.00 bits per heavy atom. The molecule has 6 heteroatoms. The van der Waals surface area contributed by atoms with E-state index >= 15 is 0 Å². The molecule has 0 aliphatic carbocycles. The summed E-state index contributed by atoms with van der Waals surface area (Å²) in [6.45, 7) is 6.00. The maximum Gasteiger partial charge on any atom is 0.235 e. The van der Waals surface area contributed by atoms with Gasteiger partial charge in [0, 0.05) is 12.3 Å². The second-order valence-corrected chi connectivity index (χ2v) is 6.87. The molecule has 3 aromatic rings. The molecule has 0 saturated heterocycles. The summed E-state index contributed by atoms with van der Waals surface area (Å²) in [5, 5.41) is 8.33. The van der Waals surface area contributed by atoms with Gasteiger partial charge < -0.3 is 5.32 Å². The number of benzene rings is 1. The number of carbonyl (C=O) groups is 1. The van der Waals surface area contributed by atoms with Crippen molar-refractivity contribution >= 4 is 23.5 Å². The molecule has 5 nitrogen and oxygen atoms in total. The van der Waals surface area contributed by atoms with Crippen molar-refractivity contribution in [3.05, 3.63) is 65.5 Å². The van der Waals surface area contributed by atoms with E-state index in [9.17, 15) is 4.79 Å². The lowest BCUT2D eigenvalue weighted by atomic mass is 10.1. The fourth-order valence-corrected chi connectivity index (χ4v) is 3.13. The first-order valence-corrected chi connectivity index (χ1v) is 8.99. The lowest BCUT2D eigenvalue weighted by Gasteiger charge is -2.12. The van der Waals surface area contributed by atoms with Crippen LogP contribution >= 0.6 is 11.8 Å². The van der Waals surface area contributed by atoms with Crippen molar-refractivity contribution in [2.75, 3.05) is 11.1 Å². The normalized spacial score (nSPS) is 10.7. The monoisotopic (exact) mass is 352 g/mol. The SMILES string of the molecule is Cc1ccc(C)c(-n2nc(C)cc2NC(=O)CSc2ccccn2)c1. The Morgan fingerprint density at radius 1 is 1.16 bits per heavy atom. The standard InChI is InChI=1S/C19H20N4OS/c1-13-7-8-14(2)16(10-13)23-17(11-15(3)22-23)21-18(24)12-25-19-6-4-5-9-20-19/h4-11H,12H2,1-3H3,(H,21,24). The fraction of sp³-hybridized carbons (Fsp3) is 0.211.